The van der Waals surface area contributed by atoms with E-state index in [1.54, 1.807) is 0 Å². The molecule has 2 aliphatic heterocycles. The van der Waals surface area contributed by atoms with E-state index in [4.69, 9.17) is 4.74 Å². The second kappa shape index (κ2) is 10.8. The van der Waals surface area contributed by atoms with Crippen LogP contribution in [0.2, 0.25) is 0 Å². The molecule has 5 nitrogen and oxygen atoms in total. The van der Waals surface area contributed by atoms with Gasteiger partial charge in [-0.3, -0.25) is 4.99 Å². The molecule has 2 saturated heterocycles. The maximum absolute atomic E-state index is 5.83. The highest BCUT2D eigenvalue weighted by Gasteiger charge is 2.29. The van der Waals surface area contributed by atoms with Gasteiger partial charge in [0.15, 0.2) is 5.96 Å². The topological polar surface area (TPSA) is 48.9 Å². The molecule has 2 atom stereocenters. The average Bonchev–Trinajstić information content (AvgIpc) is 2.94. The molecule has 0 amide bonds. The van der Waals surface area contributed by atoms with Crippen molar-refractivity contribution >= 4 is 29.9 Å². The lowest BCUT2D eigenvalue weighted by atomic mass is 9.97. The summed E-state index contributed by atoms with van der Waals surface area (Å²) in [6.07, 6.45) is 4.93. The van der Waals surface area contributed by atoms with Crippen molar-refractivity contribution in [1.29, 1.82) is 0 Å². The number of likely N-dealkylation sites (tertiary alicyclic amines) is 1. The highest BCUT2D eigenvalue weighted by atomic mass is 127. The fourth-order valence-corrected chi connectivity index (χ4v) is 3.71. The Hall–Kier alpha value is -0.0800. The minimum absolute atomic E-state index is 0. The second-order valence-corrected chi connectivity index (χ2v) is 7.87. The summed E-state index contributed by atoms with van der Waals surface area (Å²) >= 11 is 0. The van der Waals surface area contributed by atoms with Gasteiger partial charge >= 0.3 is 0 Å². The molecule has 0 aromatic heterocycles. The van der Waals surface area contributed by atoms with Crippen molar-refractivity contribution in [2.24, 2.45) is 16.8 Å². The van der Waals surface area contributed by atoms with Crippen LogP contribution < -0.4 is 10.6 Å². The number of hydrogen-bond acceptors (Lipinski definition) is 3. The molecule has 0 radical (unpaired) electrons. The molecule has 0 saturated carbocycles. The zero-order valence-electron chi connectivity index (χ0n) is 15.9. The summed E-state index contributed by atoms with van der Waals surface area (Å²) in [4.78, 5) is 6.97. The Balaban J connectivity index is 0.00000288. The van der Waals surface area contributed by atoms with Gasteiger partial charge in [-0.25, -0.2) is 0 Å². The molecule has 2 heterocycles. The fraction of sp³-hybridized carbons (Fsp3) is 0.944. The van der Waals surface area contributed by atoms with Crippen molar-refractivity contribution < 1.29 is 4.74 Å². The highest BCUT2D eigenvalue weighted by Crippen LogP contribution is 2.23. The Morgan fingerprint density at radius 1 is 1.33 bits per heavy atom. The standard InChI is InChI=1S/C18H36N4O.HI/c1-15(2)12-22-9-5-7-16(13-22)11-20-17(19-4)21-14-18(3)8-6-10-23-18;/h15-16H,5-14H2,1-4H3,(H2,19,20,21);1H. The van der Waals surface area contributed by atoms with Crippen molar-refractivity contribution in [2.75, 3.05) is 46.4 Å². The highest BCUT2D eigenvalue weighted by molar-refractivity contribution is 14.0. The van der Waals surface area contributed by atoms with E-state index < -0.39 is 0 Å². The van der Waals surface area contributed by atoms with Gasteiger partial charge in [-0.1, -0.05) is 13.8 Å². The number of halogens is 1. The fourth-order valence-electron chi connectivity index (χ4n) is 3.71. The molecule has 2 aliphatic rings. The van der Waals surface area contributed by atoms with E-state index in [1.807, 2.05) is 7.05 Å². The Bertz CT molecular complexity index is 383. The zero-order chi connectivity index (χ0) is 16.7. The summed E-state index contributed by atoms with van der Waals surface area (Å²) < 4.78 is 5.83. The van der Waals surface area contributed by atoms with Gasteiger partial charge in [-0.15, -0.1) is 24.0 Å². The van der Waals surface area contributed by atoms with Crippen LogP contribution in [0.4, 0.5) is 0 Å². The minimum atomic E-state index is -0.0312. The maximum atomic E-state index is 5.83. The summed E-state index contributed by atoms with van der Waals surface area (Å²) in [6.45, 7) is 13.2. The molecule has 0 spiro atoms. The first-order valence-electron chi connectivity index (χ1n) is 9.31. The largest absolute Gasteiger partial charge is 0.373 e. The average molecular weight is 452 g/mol. The summed E-state index contributed by atoms with van der Waals surface area (Å²) in [5.74, 6) is 2.38. The lowest BCUT2D eigenvalue weighted by Crippen LogP contribution is -2.48. The number of nitrogens with zero attached hydrogens (tertiary/aromatic N) is 2. The molecule has 0 bridgehead atoms. The van der Waals surface area contributed by atoms with Crippen molar-refractivity contribution in [3.05, 3.63) is 0 Å². The van der Waals surface area contributed by atoms with E-state index in [1.165, 1.54) is 32.5 Å². The Morgan fingerprint density at radius 2 is 2.12 bits per heavy atom. The maximum Gasteiger partial charge on any atom is 0.191 e. The van der Waals surface area contributed by atoms with Crippen LogP contribution in [0.5, 0.6) is 0 Å². The van der Waals surface area contributed by atoms with Crippen LogP contribution in [-0.2, 0) is 4.74 Å². The van der Waals surface area contributed by atoms with Crippen molar-refractivity contribution in [2.45, 2.75) is 52.1 Å². The number of rotatable bonds is 6. The number of nitrogens with one attached hydrogen (secondary N) is 2. The monoisotopic (exact) mass is 452 g/mol. The molecule has 24 heavy (non-hydrogen) atoms. The molecule has 2 unspecified atom stereocenters. The molecule has 2 rings (SSSR count). The molecular formula is C18H37IN4O. The SMILES string of the molecule is CN=C(NCC1CCCN(CC(C)C)C1)NCC1(C)CCCO1.I. The summed E-state index contributed by atoms with van der Waals surface area (Å²) in [5, 5.41) is 6.95. The number of guanidine groups is 1. The van der Waals surface area contributed by atoms with Gasteiger partial charge in [-0.05, 0) is 51.0 Å². The molecule has 2 fully saturated rings. The predicted molar refractivity (Wildman–Crippen MR) is 112 cm³/mol. The normalized spacial score (nSPS) is 28.7. The molecule has 6 heteroatoms. The Morgan fingerprint density at radius 3 is 2.75 bits per heavy atom. The van der Waals surface area contributed by atoms with Crippen LogP contribution in [0, 0.1) is 11.8 Å². The van der Waals surface area contributed by atoms with E-state index in [9.17, 15) is 0 Å². The van der Waals surface area contributed by atoms with Crippen LogP contribution in [-0.4, -0.2) is 62.8 Å². The van der Waals surface area contributed by atoms with Crippen LogP contribution in [0.3, 0.4) is 0 Å². The molecule has 2 N–H and O–H groups in total. The third kappa shape index (κ3) is 7.44. The molecule has 0 aromatic rings. The van der Waals surface area contributed by atoms with Gasteiger partial charge in [0, 0.05) is 39.8 Å². The van der Waals surface area contributed by atoms with Crippen molar-refractivity contribution in [3.8, 4) is 0 Å². The van der Waals surface area contributed by atoms with E-state index >= 15 is 0 Å². The van der Waals surface area contributed by atoms with Crippen LogP contribution in [0.25, 0.3) is 0 Å². The lowest BCUT2D eigenvalue weighted by molar-refractivity contribution is 0.0242. The van der Waals surface area contributed by atoms with Crippen molar-refractivity contribution in [1.82, 2.24) is 15.5 Å². The van der Waals surface area contributed by atoms with E-state index in [0.29, 0.717) is 0 Å². The first kappa shape index (κ1) is 22.0. The van der Waals surface area contributed by atoms with E-state index in [-0.39, 0.29) is 29.6 Å². The van der Waals surface area contributed by atoms with Gasteiger partial charge in [0.2, 0.25) is 0 Å². The molecule has 0 aliphatic carbocycles. The summed E-state index contributed by atoms with van der Waals surface area (Å²) in [7, 11) is 1.85. The van der Waals surface area contributed by atoms with Gasteiger partial charge < -0.3 is 20.3 Å². The quantitative estimate of drug-likeness (QED) is 0.370. The molecule has 142 valence electrons. The second-order valence-electron chi connectivity index (χ2n) is 7.87. The first-order valence-corrected chi connectivity index (χ1v) is 9.31. The third-order valence-corrected chi connectivity index (χ3v) is 4.94. The number of hydrogen-bond donors (Lipinski definition) is 2. The number of ether oxygens (including phenoxy) is 1. The zero-order valence-corrected chi connectivity index (χ0v) is 18.3. The summed E-state index contributed by atoms with van der Waals surface area (Å²) in [5.41, 5.74) is -0.0312. The van der Waals surface area contributed by atoms with Crippen LogP contribution in [0.1, 0.15) is 46.5 Å². The van der Waals surface area contributed by atoms with Crippen LogP contribution in [0.15, 0.2) is 4.99 Å². The van der Waals surface area contributed by atoms with E-state index in [0.717, 1.165) is 50.3 Å². The number of aliphatic imine (C=N–C) groups is 1. The summed E-state index contributed by atoms with van der Waals surface area (Å²) in [6, 6.07) is 0. The Kier molecular flexibility index (Phi) is 9.89. The van der Waals surface area contributed by atoms with Gasteiger partial charge in [0.05, 0.1) is 5.60 Å². The minimum Gasteiger partial charge on any atom is -0.373 e. The number of piperidine rings is 1. The molecule has 0 aromatic carbocycles. The van der Waals surface area contributed by atoms with Gasteiger partial charge in [-0.2, -0.15) is 0 Å². The lowest BCUT2D eigenvalue weighted by Gasteiger charge is -2.34. The van der Waals surface area contributed by atoms with Crippen molar-refractivity contribution in [3.63, 3.8) is 0 Å². The van der Waals surface area contributed by atoms with Crippen LogP contribution >= 0.6 is 24.0 Å². The third-order valence-electron chi connectivity index (χ3n) is 4.94. The Labute approximate surface area is 165 Å². The van der Waals surface area contributed by atoms with Gasteiger partial charge in [0.25, 0.3) is 0 Å². The molecular weight excluding hydrogens is 415 g/mol. The smallest absolute Gasteiger partial charge is 0.191 e. The van der Waals surface area contributed by atoms with E-state index in [2.05, 4.69) is 41.3 Å². The first-order chi connectivity index (χ1) is 11.0. The van der Waals surface area contributed by atoms with Gasteiger partial charge in [0.1, 0.15) is 0 Å². The predicted octanol–water partition coefficient (Wildman–Crippen LogP) is 2.71.